The SMILES string of the molecule is CCOc1ccccc1C(=O)NCC(=O)OCC(=O)Nc1ccc(S(=O)(=O)N2CCCC2)cc1. The summed E-state index contributed by atoms with van der Waals surface area (Å²) in [4.78, 5) is 36.4. The van der Waals surface area contributed by atoms with Gasteiger partial charge in [0.15, 0.2) is 6.61 Å². The summed E-state index contributed by atoms with van der Waals surface area (Å²) in [6.07, 6.45) is 1.69. The molecule has 0 atom stereocenters. The minimum atomic E-state index is -3.54. The third kappa shape index (κ3) is 6.55. The van der Waals surface area contributed by atoms with Crippen LogP contribution >= 0.6 is 0 Å². The zero-order chi connectivity index (χ0) is 24.6. The first-order valence-electron chi connectivity index (χ1n) is 10.9. The normalized spacial score (nSPS) is 13.8. The number of nitrogens with one attached hydrogen (secondary N) is 2. The van der Waals surface area contributed by atoms with E-state index in [1.807, 2.05) is 0 Å². The van der Waals surface area contributed by atoms with E-state index in [0.717, 1.165) is 12.8 Å². The van der Waals surface area contributed by atoms with Crippen LogP contribution in [0.3, 0.4) is 0 Å². The Morgan fingerprint density at radius 3 is 2.35 bits per heavy atom. The molecule has 2 aromatic carbocycles. The number of amides is 2. The highest BCUT2D eigenvalue weighted by Gasteiger charge is 2.27. The molecule has 1 heterocycles. The molecule has 0 unspecified atom stereocenters. The average Bonchev–Trinajstić information content (AvgIpc) is 3.38. The zero-order valence-electron chi connectivity index (χ0n) is 18.8. The summed E-state index contributed by atoms with van der Waals surface area (Å²) in [6.45, 7) is 2.21. The molecular weight excluding hydrogens is 462 g/mol. The van der Waals surface area contributed by atoms with Gasteiger partial charge in [-0.05, 0) is 56.2 Å². The average molecular weight is 490 g/mol. The summed E-state index contributed by atoms with van der Waals surface area (Å²) in [5.74, 6) is -1.50. The van der Waals surface area contributed by atoms with Crippen LogP contribution in [0.25, 0.3) is 0 Å². The van der Waals surface area contributed by atoms with Gasteiger partial charge < -0.3 is 20.1 Å². The molecule has 0 saturated carbocycles. The maximum Gasteiger partial charge on any atom is 0.325 e. The Morgan fingerprint density at radius 1 is 1.00 bits per heavy atom. The predicted octanol–water partition coefficient (Wildman–Crippen LogP) is 1.78. The van der Waals surface area contributed by atoms with Crippen molar-refractivity contribution >= 4 is 33.5 Å². The minimum absolute atomic E-state index is 0.153. The smallest absolute Gasteiger partial charge is 0.325 e. The maximum absolute atomic E-state index is 12.5. The summed E-state index contributed by atoms with van der Waals surface area (Å²) in [5.41, 5.74) is 0.646. The van der Waals surface area contributed by atoms with E-state index < -0.39 is 41.0 Å². The molecule has 1 aliphatic rings. The van der Waals surface area contributed by atoms with Gasteiger partial charge in [0.05, 0.1) is 17.1 Å². The van der Waals surface area contributed by atoms with Crippen LogP contribution in [0.4, 0.5) is 5.69 Å². The standard InChI is InChI=1S/C23H27N3O7S/c1-2-32-20-8-4-3-7-19(20)23(29)24-15-22(28)33-16-21(27)25-17-9-11-18(12-10-17)34(30,31)26-13-5-6-14-26/h3-4,7-12H,2,5-6,13-16H2,1H3,(H,24,29)(H,25,27). The number of carbonyl (C=O) groups excluding carboxylic acids is 3. The second-order valence-electron chi connectivity index (χ2n) is 7.46. The molecule has 182 valence electrons. The number of hydrogen-bond acceptors (Lipinski definition) is 7. The van der Waals surface area contributed by atoms with E-state index in [2.05, 4.69) is 10.6 Å². The van der Waals surface area contributed by atoms with Gasteiger partial charge in [0, 0.05) is 18.8 Å². The fourth-order valence-electron chi connectivity index (χ4n) is 3.37. The van der Waals surface area contributed by atoms with Gasteiger partial charge in [-0.1, -0.05) is 12.1 Å². The number of anilines is 1. The third-order valence-electron chi connectivity index (χ3n) is 5.03. The molecular formula is C23H27N3O7S. The minimum Gasteiger partial charge on any atom is -0.493 e. The Morgan fingerprint density at radius 2 is 1.68 bits per heavy atom. The summed E-state index contributed by atoms with van der Waals surface area (Å²) >= 11 is 0. The number of benzene rings is 2. The third-order valence-corrected chi connectivity index (χ3v) is 6.94. The van der Waals surface area contributed by atoms with Crippen molar-refractivity contribution in [2.75, 3.05) is 38.2 Å². The van der Waals surface area contributed by atoms with Gasteiger partial charge in [-0.2, -0.15) is 4.31 Å². The maximum atomic E-state index is 12.5. The van der Waals surface area contributed by atoms with Crippen LogP contribution < -0.4 is 15.4 Å². The van der Waals surface area contributed by atoms with Crippen molar-refractivity contribution in [2.45, 2.75) is 24.7 Å². The Labute approximate surface area is 198 Å². The molecule has 2 aromatic rings. The van der Waals surface area contributed by atoms with Gasteiger partial charge in [0.2, 0.25) is 10.0 Å². The Balaban J connectivity index is 1.44. The van der Waals surface area contributed by atoms with Crippen LogP contribution in [0.15, 0.2) is 53.4 Å². The van der Waals surface area contributed by atoms with Gasteiger partial charge in [-0.15, -0.1) is 0 Å². The molecule has 3 rings (SSSR count). The monoisotopic (exact) mass is 489 g/mol. The molecule has 1 fully saturated rings. The van der Waals surface area contributed by atoms with Crippen molar-refractivity contribution in [3.63, 3.8) is 0 Å². The van der Waals surface area contributed by atoms with Crippen LogP contribution in [0.5, 0.6) is 5.75 Å². The fraction of sp³-hybridized carbons (Fsp3) is 0.348. The summed E-state index contributed by atoms with van der Waals surface area (Å²) < 4.78 is 36.8. The quantitative estimate of drug-likeness (QED) is 0.487. The van der Waals surface area contributed by atoms with Gasteiger partial charge >= 0.3 is 5.97 Å². The summed E-state index contributed by atoms with van der Waals surface area (Å²) in [7, 11) is -3.54. The van der Waals surface area contributed by atoms with Crippen LogP contribution in [0, 0.1) is 0 Å². The Kier molecular flexibility index (Phi) is 8.61. The van der Waals surface area contributed by atoms with E-state index in [0.29, 0.717) is 31.1 Å². The van der Waals surface area contributed by atoms with Crippen molar-refractivity contribution in [1.82, 2.24) is 9.62 Å². The lowest BCUT2D eigenvalue weighted by atomic mass is 10.2. The van der Waals surface area contributed by atoms with Crippen LogP contribution in [0.1, 0.15) is 30.1 Å². The molecule has 0 aliphatic carbocycles. The van der Waals surface area contributed by atoms with Gasteiger partial charge in [-0.25, -0.2) is 8.42 Å². The van der Waals surface area contributed by atoms with Crippen molar-refractivity contribution in [1.29, 1.82) is 0 Å². The van der Waals surface area contributed by atoms with E-state index in [4.69, 9.17) is 9.47 Å². The molecule has 1 aliphatic heterocycles. The van der Waals surface area contributed by atoms with E-state index in [-0.39, 0.29) is 10.5 Å². The largest absolute Gasteiger partial charge is 0.493 e. The van der Waals surface area contributed by atoms with E-state index in [1.165, 1.54) is 28.6 Å². The molecule has 10 nitrogen and oxygen atoms in total. The zero-order valence-corrected chi connectivity index (χ0v) is 19.6. The first-order chi connectivity index (χ1) is 16.3. The first-order valence-corrected chi connectivity index (χ1v) is 12.3. The number of rotatable bonds is 10. The number of nitrogens with zero attached hydrogens (tertiary/aromatic N) is 1. The number of sulfonamides is 1. The number of esters is 1. The molecule has 0 aromatic heterocycles. The molecule has 11 heteroatoms. The second-order valence-corrected chi connectivity index (χ2v) is 9.39. The number of ether oxygens (including phenoxy) is 2. The Bertz CT molecular complexity index is 1130. The van der Waals surface area contributed by atoms with E-state index >= 15 is 0 Å². The predicted molar refractivity (Wildman–Crippen MR) is 124 cm³/mol. The molecule has 0 spiro atoms. The topological polar surface area (TPSA) is 131 Å². The van der Waals surface area contributed by atoms with Crippen LogP contribution in [-0.4, -0.2) is 63.4 Å². The van der Waals surface area contributed by atoms with E-state index in [9.17, 15) is 22.8 Å². The van der Waals surface area contributed by atoms with Gasteiger partial charge in [0.25, 0.3) is 11.8 Å². The molecule has 34 heavy (non-hydrogen) atoms. The highest BCUT2D eigenvalue weighted by atomic mass is 32.2. The molecule has 0 bridgehead atoms. The second kappa shape index (κ2) is 11.6. The number of para-hydroxylation sites is 1. The number of carbonyl (C=O) groups is 3. The lowest BCUT2D eigenvalue weighted by Gasteiger charge is -2.15. The van der Waals surface area contributed by atoms with Gasteiger partial charge in [-0.3, -0.25) is 14.4 Å². The molecule has 0 radical (unpaired) electrons. The number of hydrogen-bond donors (Lipinski definition) is 2. The van der Waals surface area contributed by atoms with Crippen molar-refractivity contribution in [3.05, 3.63) is 54.1 Å². The molecule has 1 saturated heterocycles. The Hall–Kier alpha value is -3.44. The van der Waals surface area contributed by atoms with E-state index in [1.54, 1.807) is 31.2 Å². The van der Waals surface area contributed by atoms with Crippen molar-refractivity contribution in [2.24, 2.45) is 0 Å². The lowest BCUT2D eigenvalue weighted by Crippen LogP contribution is -2.32. The molecule has 2 N–H and O–H groups in total. The summed E-state index contributed by atoms with van der Waals surface area (Å²) in [6, 6.07) is 12.4. The van der Waals surface area contributed by atoms with Crippen molar-refractivity contribution < 1.29 is 32.3 Å². The highest BCUT2D eigenvalue weighted by Crippen LogP contribution is 2.22. The van der Waals surface area contributed by atoms with Crippen LogP contribution in [0.2, 0.25) is 0 Å². The van der Waals surface area contributed by atoms with Gasteiger partial charge in [0.1, 0.15) is 12.3 Å². The fourth-order valence-corrected chi connectivity index (χ4v) is 4.88. The molecule has 2 amide bonds. The van der Waals surface area contributed by atoms with Crippen LogP contribution in [-0.2, 0) is 24.3 Å². The van der Waals surface area contributed by atoms with Crippen molar-refractivity contribution in [3.8, 4) is 5.75 Å². The first kappa shape index (κ1) is 25.2. The highest BCUT2D eigenvalue weighted by molar-refractivity contribution is 7.89. The summed E-state index contributed by atoms with van der Waals surface area (Å²) in [5, 5.41) is 4.96. The lowest BCUT2D eigenvalue weighted by molar-refractivity contribution is -0.146.